The molecular formula is C20H17FN2O3. The minimum atomic E-state index is -1.04. The van der Waals surface area contributed by atoms with E-state index in [1.54, 1.807) is 12.3 Å². The lowest BCUT2D eigenvalue weighted by molar-refractivity contribution is 0.0696. The van der Waals surface area contributed by atoms with Gasteiger partial charge in [0.05, 0.1) is 16.8 Å². The molecule has 6 heteroatoms. The first-order chi connectivity index (χ1) is 12.5. The Bertz CT molecular complexity index is 1000. The number of halogens is 1. The van der Waals surface area contributed by atoms with Crippen LogP contribution in [0.2, 0.25) is 0 Å². The Morgan fingerprint density at radius 1 is 1.19 bits per heavy atom. The molecule has 3 aromatic rings. The van der Waals surface area contributed by atoms with Gasteiger partial charge in [-0.15, -0.1) is 0 Å². The lowest BCUT2D eigenvalue weighted by Gasteiger charge is -2.05. The standard InChI is InChI=1S/C20H17FN2O3/c1-2-22-17-10-15(21)9-16-14(11-23-19(16)17)7-8-18(24)12-3-5-13(6-4-12)20(25)26/h3-11,22-23H,2H2,1H3,(H,25,26)/b8-7+. The maximum absolute atomic E-state index is 13.9. The molecule has 0 fully saturated rings. The molecule has 3 rings (SSSR count). The van der Waals surface area contributed by atoms with Crippen molar-refractivity contribution in [1.82, 2.24) is 4.98 Å². The summed E-state index contributed by atoms with van der Waals surface area (Å²) in [6, 6.07) is 8.53. The maximum atomic E-state index is 13.9. The number of hydrogen-bond acceptors (Lipinski definition) is 3. The number of fused-ring (bicyclic) bond motifs is 1. The number of benzene rings is 2. The number of carbonyl (C=O) groups excluding carboxylic acids is 1. The van der Waals surface area contributed by atoms with E-state index in [1.165, 1.54) is 42.5 Å². The third kappa shape index (κ3) is 3.49. The number of hydrogen-bond donors (Lipinski definition) is 3. The first-order valence-electron chi connectivity index (χ1n) is 8.10. The summed E-state index contributed by atoms with van der Waals surface area (Å²) in [5.74, 6) is -1.67. The van der Waals surface area contributed by atoms with Crippen LogP contribution in [0.1, 0.15) is 33.2 Å². The molecule has 0 atom stereocenters. The molecule has 0 saturated carbocycles. The zero-order valence-corrected chi connectivity index (χ0v) is 14.0. The maximum Gasteiger partial charge on any atom is 0.335 e. The molecule has 0 unspecified atom stereocenters. The molecule has 2 aromatic carbocycles. The van der Waals surface area contributed by atoms with Gasteiger partial charge in [-0.05, 0) is 43.3 Å². The van der Waals surface area contributed by atoms with Crippen molar-refractivity contribution in [1.29, 1.82) is 0 Å². The fourth-order valence-corrected chi connectivity index (χ4v) is 2.72. The third-order valence-electron chi connectivity index (χ3n) is 3.98. The van der Waals surface area contributed by atoms with E-state index in [4.69, 9.17) is 5.11 Å². The molecule has 0 aliphatic heterocycles. The Hall–Kier alpha value is -3.41. The van der Waals surface area contributed by atoms with E-state index in [1.807, 2.05) is 6.92 Å². The molecule has 0 aliphatic rings. The summed E-state index contributed by atoms with van der Waals surface area (Å²) >= 11 is 0. The monoisotopic (exact) mass is 352 g/mol. The van der Waals surface area contributed by atoms with Gasteiger partial charge in [0.2, 0.25) is 0 Å². The van der Waals surface area contributed by atoms with Crippen LogP contribution in [0.3, 0.4) is 0 Å². The summed E-state index contributed by atoms with van der Waals surface area (Å²) in [6.07, 6.45) is 4.71. The Kier molecular flexibility index (Phi) is 4.84. The molecule has 0 bridgehead atoms. The van der Waals surface area contributed by atoms with Gasteiger partial charge in [0, 0.05) is 29.3 Å². The van der Waals surface area contributed by atoms with Gasteiger partial charge in [-0.25, -0.2) is 9.18 Å². The van der Waals surface area contributed by atoms with Crippen LogP contribution in [0.4, 0.5) is 10.1 Å². The summed E-state index contributed by atoms with van der Waals surface area (Å²) in [6.45, 7) is 2.59. The molecule has 1 heterocycles. The van der Waals surface area contributed by atoms with Gasteiger partial charge < -0.3 is 15.4 Å². The topological polar surface area (TPSA) is 82.2 Å². The summed E-state index contributed by atoms with van der Waals surface area (Å²) < 4.78 is 13.9. The number of carboxylic acid groups (broad SMARTS) is 1. The van der Waals surface area contributed by atoms with E-state index in [2.05, 4.69) is 10.3 Å². The van der Waals surface area contributed by atoms with Crippen LogP contribution in [0, 0.1) is 5.82 Å². The molecule has 1 aromatic heterocycles. The van der Waals surface area contributed by atoms with Crippen molar-refractivity contribution in [2.75, 3.05) is 11.9 Å². The molecule has 132 valence electrons. The van der Waals surface area contributed by atoms with E-state index < -0.39 is 5.97 Å². The fraction of sp³-hybridized carbons (Fsp3) is 0.100. The van der Waals surface area contributed by atoms with Gasteiger partial charge >= 0.3 is 5.97 Å². The highest BCUT2D eigenvalue weighted by Gasteiger charge is 2.09. The second-order valence-electron chi connectivity index (χ2n) is 5.73. The molecule has 0 spiro atoms. The molecule has 3 N–H and O–H groups in total. The van der Waals surface area contributed by atoms with E-state index in [0.717, 1.165) is 5.52 Å². The van der Waals surface area contributed by atoms with Crippen molar-refractivity contribution in [2.45, 2.75) is 6.92 Å². The molecule has 5 nitrogen and oxygen atoms in total. The predicted octanol–water partition coefficient (Wildman–Crippen LogP) is 4.33. The number of aromatic amines is 1. The van der Waals surface area contributed by atoms with Crippen LogP contribution in [0.5, 0.6) is 0 Å². The molecule has 0 saturated heterocycles. The molecule has 26 heavy (non-hydrogen) atoms. The average molecular weight is 352 g/mol. The van der Waals surface area contributed by atoms with Crippen LogP contribution in [-0.2, 0) is 0 Å². The van der Waals surface area contributed by atoms with Crippen molar-refractivity contribution in [3.8, 4) is 0 Å². The summed E-state index contributed by atoms with van der Waals surface area (Å²) in [7, 11) is 0. The number of nitrogens with one attached hydrogen (secondary N) is 2. The number of carbonyl (C=O) groups is 2. The minimum absolute atomic E-state index is 0.119. The van der Waals surface area contributed by atoms with Crippen molar-refractivity contribution in [2.24, 2.45) is 0 Å². The second kappa shape index (κ2) is 7.23. The van der Waals surface area contributed by atoms with Gasteiger partial charge in [0.1, 0.15) is 5.82 Å². The van der Waals surface area contributed by atoms with Crippen molar-refractivity contribution >= 4 is 34.4 Å². The van der Waals surface area contributed by atoms with Crippen LogP contribution in [0.25, 0.3) is 17.0 Å². The Labute approximate surface area is 149 Å². The Morgan fingerprint density at radius 3 is 2.54 bits per heavy atom. The molecule has 0 aliphatic carbocycles. The van der Waals surface area contributed by atoms with E-state index >= 15 is 0 Å². The van der Waals surface area contributed by atoms with Crippen molar-refractivity contribution < 1.29 is 19.1 Å². The van der Waals surface area contributed by atoms with E-state index in [9.17, 15) is 14.0 Å². The Balaban J connectivity index is 1.88. The molecular weight excluding hydrogens is 335 g/mol. The lowest BCUT2D eigenvalue weighted by Crippen LogP contribution is -1.99. The minimum Gasteiger partial charge on any atom is -0.478 e. The number of H-pyrrole nitrogens is 1. The largest absolute Gasteiger partial charge is 0.478 e. The number of anilines is 1. The summed E-state index contributed by atoms with van der Waals surface area (Å²) in [4.78, 5) is 26.2. The number of allylic oxidation sites excluding steroid dienone is 1. The number of aromatic nitrogens is 1. The fourth-order valence-electron chi connectivity index (χ4n) is 2.72. The highest BCUT2D eigenvalue weighted by atomic mass is 19.1. The van der Waals surface area contributed by atoms with Gasteiger partial charge in [0.25, 0.3) is 0 Å². The van der Waals surface area contributed by atoms with Gasteiger partial charge in [-0.1, -0.05) is 12.1 Å². The SMILES string of the molecule is CCNc1cc(F)cc2c(/C=C/C(=O)c3ccc(C(=O)O)cc3)c[nH]c12. The normalized spacial score (nSPS) is 11.2. The van der Waals surface area contributed by atoms with Crippen LogP contribution < -0.4 is 5.32 Å². The highest BCUT2D eigenvalue weighted by Crippen LogP contribution is 2.28. The van der Waals surface area contributed by atoms with Crippen molar-refractivity contribution in [3.63, 3.8) is 0 Å². The van der Waals surface area contributed by atoms with Crippen molar-refractivity contribution in [3.05, 3.63) is 71.2 Å². The Morgan fingerprint density at radius 2 is 1.88 bits per heavy atom. The van der Waals surface area contributed by atoms with Crippen LogP contribution >= 0.6 is 0 Å². The highest BCUT2D eigenvalue weighted by molar-refractivity contribution is 6.08. The third-order valence-corrected chi connectivity index (χ3v) is 3.98. The average Bonchev–Trinajstić information content (AvgIpc) is 3.03. The predicted molar refractivity (Wildman–Crippen MR) is 99.2 cm³/mol. The number of ketones is 1. The smallest absolute Gasteiger partial charge is 0.335 e. The zero-order valence-electron chi connectivity index (χ0n) is 14.0. The zero-order chi connectivity index (χ0) is 18.7. The van der Waals surface area contributed by atoms with Gasteiger partial charge in [-0.2, -0.15) is 0 Å². The number of carboxylic acids is 1. The number of aromatic carboxylic acids is 1. The summed E-state index contributed by atoms with van der Waals surface area (Å²) in [5.41, 5.74) is 2.62. The molecule has 0 amide bonds. The summed E-state index contributed by atoms with van der Waals surface area (Å²) in [5, 5.41) is 12.7. The van der Waals surface area contributed by atoms with Gasteiger partial charge in [-0.3, -0.25) is 4.79 Å². The van der Waals surface area contributed by atoms with Gasteiger partial charge in [0.15, 0.2) is 5.78 Å². The van der Waals surface area contributed by atoms with E-state index in [0.29, 0.717) is 28.7 Å². The second-order valence-corrected chi connectivity index (χ2v) is 5.73. The molecule has 0 radical (unpaired) electrons. The first-order valence-corrected chi connectivity index (χ1v) is 8.10. The van der Waals surface area contributed by atoms with Crippen LogP contribution in [-0.4, -0.2) is 28.4 Å². The van der Waals surface area contributed by atoms with Crippen LogP contribution in [0.15, 0.2) is 48.7 Å². The number of rotatable bonds is 6. The van der Waals surface area contributed by atoms with E-state index in [-0.39, 0.29) is 17.2 Å². The lowest BCUT2D eigenvalue weighted by atomic mass is 10.1. The first kappa shape index (κ1) is 17.4. The quantitative estimate of drug-likeness (QED) is 0.455.